The Morgan fingerprint density at radius 2 is 2.10 bits per heavy atom. The SMILES string of the molecule is COCCCNC(=O)[C@@H](C)N1CC[C@@]2(CCC1=O)NC(=O)c1ccc(C)cc1N2. The fourth-order valence-corrected chi connectivity index (χ4v) is 3.94. The minimum absolute atomic E-state index is 0.0764. The van der Waals surface area contributed by atoms with Crippen molar-refractivity contribution in [2.24, 2.45) is 0 Å². The van der Waals surface area contributed by atoms with Crippen molar-refractivity contribution in [3.05, 3.63) is 29.3 Å². The van der Waals surface area contributed by atoms with Crippen molar-refractivity contribution in [2.75, 3.05) is 32.1 Å². The third kappa shape index (κ3) is 4.70. The Hall–Kier alpha value is -2.61. The summed E-state index contributed by atoms with van der Waals surface area (Å²) >= 11 is 0. The highest BCUT2D eigenvalue weighted by atomic mass is 16.5. The first-order valence-electron chi connectivity index (χ1n) is 10.1. The predicted molar refractivity (Wildman–Crippen MR) is 110 cm³/mol. The zero-order valence-electron chi connectivity index (χ0n) is 17.3. The van der Waals surface area contributed by atoms with Gasteiger partial charge in [0.1, 0.15) is 11.7 Å². The molecule has 3 N–H and O–H groups in total. The molecule has 29 heavy (non-hydrogen) atoms. The van der Waals surface area contributed by atoms with Gasteiger partial charge in [-0.1, -0.05) is 6.07 Å². The molecule has 1 saturated heterocycles. The van der Waals surface area contributed by atoms with E-state index in [1.165, 1.54) is 0 Å². The Labute approximate surface area is 171 Å². The number of amides is 3. The van der Waals surface area contributed by atoms with Crippen LogP contribution in [0.25, 0.3) is 0 Å². The van der Waals surface area contributed by atoms with E-state index in [4.69, 9.17) is 4.74 Å². The number of nitrogens with one attached hydrogen (secondary N) is 3. The number of methoxy groups -OCH3 is 1. The summed E-state index contributed by atoms with van der Waals surface area (Å²) in [6, 6.07) is 5.11. The van der Waals surface area contributed by atoms with Crippen molar-refractivity contribution >= 4 is 23.4 Å². The fourth-order valence-electron chi connectivity index (χ4n) is 3.94. The molecule has 1 spiro atoms. The number of likely N-dealkylation sites (tertiary alicyclic amines) is 1. The van der Waals surface area contributed by atoms with Crippen LogP contribution < -0.4 is 16.0 Å². The van der Waals surface area contributed by atoms with Crippen LogP contribution in [0, 0.1) is 6.92 Å². The number of aryl methyl sites for hydroxylation is 1. The van der Waals surface area contributed by atoms with Crippen LogP contribution in [0.2, 0.25) is 0 Å². The lowest BCUT2D eigenvalue weighted by atomic mass is 9.94. The highest BCUT2D eigenvalue weighted by Gasteiger charge is 2.41. The van der Waals surface area contributed by atoms with Crippen molar-refractivity contribution < 1.29 is 19.1 Å². The van der Waals surface area contributed by atoms with Gasteiger partial charge in [0, 0.05) is 45.3 Å². The maximum atomic E-state index is 12.7. The van der Waals surface area contributed by atoms with E-state index in [1.54, 1.807) is 18.9 Å². The molecule has 2 aliphatic heterocycles. The molecule has 1 aromatic rings. The number of anilines is 1. The molecule has 8 heteroatoms. The predicted octanol–water partition coefficient (Wildman–Crippen LogP) is 1.40. The molecule has 8 nitrogen and oxygen atoms in total. The Morgan fingerprint density at radius 1 is 1.31 bits per heavy atom. The molecule has 0 bridgehead atoms. The molecule has 2 heterocycles. The van der Waals surface area contributed by atoms with Crippen LogP contribution in [-0.4, -0.2) is 61.1 Å². The lowest BCUT2D eigenvalue weighted by molar-refractivity contribution is -0.139. The monoisotopic (exact) mass is 402 g/mol. The van der Waals surface area contributed by atoms with Gasteiger partial charge in [-0.15, -0.1) is 0 Å². The second kappa shape index (κ2) is 8.82. The summed E-state index contributed by atoms with van der Waals surface area (Å²) in [6.45, 7) is 5.20. The van der Waals surface area contributed by atoms with Gasteiger partial charge in [0.25, 0.3) is 5.91 Å². The van der Waals surface area contributed by atoms with Crippen molar-refractivity contribution in [3.8, 4) is 0 Å². The maximum absolute atomic E-state index is 12.7. The van der Waals surface area contributed by atoms with Crippen LogP contribution >= 0.6 is 0 Å². The van der Waals surface area contributed by atoms with E-state index in [2.05, 4.69) is 16.0 Å². The number of carbonyl (C=O) groups is 3. The van der Waals surface area contributed by atoms with Crippen LogP contribution in [0.1, 0.15) is 48.5 Å². The highest BCUT2D eigenvalue weighted by Crippen LogP contribution is 2.32. The lowest BCUT2D eigenvalue weighted by Gasteiger charge is -2.40. The molecule has 0 saturated carbocycles. The number of carbonyl (C=O) groups excluding carboxylic acids is 3. The summed E-state index contributed by atoms with van der Waals surface area (Å²) in [5.41, 5.74) is 1.78. The smallest absolute Gasteiger partial charge is 0.255 e. The van der Waals surface area contributed by atoms with Crippen LogP contribution in [-0.2, 0) is 14.3 Å². The molecule has 1 fully saturated rings. The first kappa shape index (κ1) is 21.1. The number of hydrogen-bond acceptors (Lipinski definition) is 5. The standard InChI is InChI=1S/C21H30N4O4/c1-14-5-6-16-17(13-14)23-21(24-20(16)28)8-7-18(26)25(11-9-21)15(2)19(27)22-10-4-12-29-3/h5-6,13,15,23H,4,7-12H2,1-3H3,(H,22,27)(H,24,28)/t15-,21-/m1/s1. The molecule has 0 radical (unpaired) electrons. The molecule has 0 unspecified atom stereocenters. The second-order valence-electron chi connectivity index (χ2n) is 7.86. The second-order valence-corrected chi connectivity index (χ2v) is 7.86. The van der Waals surface area contributed by atoms with Gasteiger partial charge in [0.05, 0.1) is 5.56 Å². The summed E-state index contributed by atoms with van der Waals surface area (Å²) in [5.74, 6) is -0.386. The van der Waals surface area contributed by atoms with Gasteiger partial charge >= 0.3 is 0 Å². The van der Waals surface area contributed by atoms with E-state index in [0.29, 0.717) is 38.1 Å². The quantitative estimate of drug-likeness (QED) is 0.625. The molecular formula is C21H30N4O4. The van der Waals surface area contributed by atoms with Crippen molar-refractivity contribution in [1.82, 2.24) is 15.5 Å². The Balaban J connectivity index is 1.68. The zero-order chi connectivity index (χ0) is 21.0. The van der Waals surface area contributed by atoms with Gasteiger partial charge in [0.2, 0.25) is 11.8 Å². The molecule has 158 valence electrons. The fraction of sp³-hybridized carbons (Fsp3) is 0.571. The first-order valence-corrected chi connectivity index (χ1v) is 10.1. The Morgan fingerprint density at radius 3 is 2.86 bits per heavy atom. The number of ether oxygens (including phenoxy) is 1. The number of benzene rings is 1. The van der Waals surface area contributed by atoms with Crippen LogP contribution in [0.3, 0.4) is 0 Å². The van der Waals surface area contributed by atoms with Gasteiger partial charge in [-0.05, 0) is 44.4 Å². The molecular weight excluding hydrogens is 372 g/mol. The lowest BCUT2D eigenvalue weighted by Crippen LogP contribution is -2.58. The summed E-state index contributed by atoms with van der Waals surface area (Å²) < 4.78 is 4.98. The van der Waals surface area contributed by atoms with Crippen LogP contribution in [0.4, 0.5) is 5.69 Å². The average Bonchev–Trinajstić information content (AvgIpc) is 2.83. The maximum Gasteiger partial charge on any atom is 0.255 e. The van der Waals surface area contributed by atoms with Crippen molar-refractivity contribution in [1.29, 1.82) is 0 Å². The van der Waals surface area contributed by atoms with Crippen molar-refractivity contribution in [2.45, 2.75) is 51.2 Å². The van der Waals surface area contributed by atoms with E-state index in [1.807, 2.05) is 25.1 Å². The van der Waals surface area contributed by atoms with E-state index < -0.39 is 11.7 Å². The molecule has 2 aliphatic rings. The summed E-state index contributed by atoms with van der Waals surface area (Å²) in [5, 5.41) is 9.37. The van der Waals surface area contributed by atoms with E-state index >= 15 is 0 Å². The third-order valence-electron chi connectivity index (χ3n) is 5.68. The van der Waals surface area contributed by atoms with Crippen LogP contribution in [0.15, 0.2) is 18.2 Å². The third-order valence-corrected chi connectivity index (χ3v) is 5.68. The molecule has 0 aromatic heterocycles. The zero-order valence-corrected chi connectivity index (χ0v) is 17.3. The first-order chi connectivity index (χ1) is 13.8. The average molecular weight is 402 g/mol. The number of hydrogen-bond donors (Lipinski definition) is 3. The van der Waals surface area contributed by atoms with Gasteiger partial charge in [0.15, 0.2) is 0 Å². The molecule has 3 rings (SSSR count). The Bertz CT molecular complexity index is 797. The number of rotatable bonds is 6. The molecule has 3 amide bonds. The topological polar surface area (TPSA) is 99.8 Å². The summed E-state index contributed by atoms with van der Waals surface area (Å²) in [7, 11) is 1.62. The van der Waals surface area contributed by atoms with E-state index in [9.17, 15) is 14.4 Å². The van der Waals surface area contributed by atoms with Gasteiger partial charge in [-0.25, -0.2) is 0 Å². The molecule has 2 atom stereocenters. The molecule has 0 aliphatic carbocycles. The van der Waals surface area contributed by atoms with Gasteiger partial charge in [-0.2, -0.15) is 0 Å². The largest absolute Gasteiger partial charge is 0.385 e. The normalized spacial score (nSPS) is 22.4. The van der Waals surface area contributed by atoms with Crippen molar-refractivity contribution in [3.63, 3.8) is 0 Å². The summed E-state index contributed by atoms with van der Waals surface area (Å²) in [4.78, 5) is 39.4. The number of nitrogens with zero attached hydrogens (tertiary/aromatic N) is 1. The van der Waals surface area contributed by atoms with E-state index in [0.717, 1.165) is 17.7 Å². The Kier molecular flexibility index (Phi) is 6.42. The molecule has 1 aromatic carbocycles. The van der Waals surface area contributed by atoms with Gasteiger partial charge in [-0.3, -0.25) is 14.4 Å². The van der Waals surface area contributed by atoms with E-state index in [-0.39, 0.29) is 24.1 Å². The highest BCUT2D eigenvalue weighted by molar-refractivity contribution is 6.02. The minimum atomic E-state index is -0.684. The van der Waals surface area contributed by atoms with Gasteiger partial charge < -0.3 is 25.6 Å². The van der Waals surface area contributed by atoms with Crippen LogP contribution in [0.5, 0.6) is 0 Å². The minimum Gasteiger partial charge on any atom is -0.385 e. The summed E-state index contributed by atoms with van der Waals surface area (Å²) in [6.07, 6.45) is 1.99. The number of fused-ring (bicyclic) bond motifs is 1.